The van der Waals surface area contributed by atoms with Crippen molar-refractivity contribution >= 4 is 0 Å². The summed E-state index contributed by atoms with van der Waals surface area (Å²) < 4.78 is 5.65. The summed E-state index contributed by atoms with van der Waals surface area (Å²) in [5.74, 6) is 1.78. The van der Waals surface area contributed by atoms with Crippen molar-refractivity contribution < 1.29 is 55.8 Å². The van der Waals surface area contributed by atoms with Gasteiger partial charge in [-0.15, -0.1) is 6.42 Å². The summed E-state index contributed by atoms with van der Waals surface area (Å²) in [7, 11) is 1.76. The van der Waals surface area contributed by atoms with Crippen LogP contribution in [0.2, 0.25) is 0 Å². The molecule has 4 heteroatoms. The molecule has 0 aliphatic heterocycles. The first-order valence-corrected chi connectivity index (χ1v) is 8.29. The Balaban J connectivity index is 0.00000113. The first-order chi connectivity index (χ1) is 11.2. The van der Waals surface area contributed by atoms with Gasteiger partial charge < -0.3 is 29.6 Å². The molecule has 2 aliphatic rings. The maximum absolute atomic E-state index is 5.65. The minimum Gasteiger partial charge on any atom is -1.00 e. The second-order valence-electron chi connectivity index (χ2n) is 6.55. The molecule has 0 fully saturated rings. The fraction of sp³-hybridized carbons (Fsp3) is 0.273. The van der Waals surface area contributed by atoms with Crippen LogP contribution in [0.25, 0.3) is 11.1 Å². The van der Waals surface area contributed by atoms with Gasteiger partial charge in [-0.2, -0.15) is 11.6 Å². The largest absolute Gasteiger partial charge is 3.00 e. The zero-order chi connectivity index (χ0) is 16.0. The molecule has 26 heavy (non-hydrogen) atoms. The van der Waals surface area contributed by atoms with Crippen LogP contribution < -0.4 is 29.6 Å². The molecule has 0 heterocycles. The van der Waals surface area contributed by atoms with E-state index in [1.54, 1.807) is 7.11 Å². The number of halogens is 2. The van der Waals surface area contributed by atoms with Crippen molar-refractivity contribution in [3.8, 4) is 16.9 Å². The third-order valence-electron chi connectivity index (χ3n) is 4.97. The van der Waals surface area contributed by atoms with Crippen LogP contribution in [0.4, 0.5) is 0 Å². The zero-order valence-electron chi connectivity index (χ0n) is 15.1. The topological polar surface area (TPSA) is 9.23 Å². The molecule has 0 saturated carbocycles. The van der Waals surface area contributed by atoms with Gasteiger partial charge in [-0.3, -0.25) is 6.08 Å². The molecule has 2 aromatic carbocycles. The third-order valence-corrected chi connectivity index (χ3v) is 4.97. The first kappa shape index (κ1) is 23.2. The van der Waals surface area contributed by atoms with Crippen LogP contribution in [0.3, 0.4) is 0 Å². The van der Waals surface area contributed by atoms with Crippen molar-refractivity contribution in [2.45, 2.75) is 26.2 Å². The van der Waals surface area contributed by atoms with Gasteiger partial charge in [-0.1, -0.05) is 56.2 Å². The molecule has 4 rings (SSSR count). The SMILES string of the molecule is COc1cccc2c1-c1ccccc1C2C1=[C-]CC=C1C(C)C.[Cl-].[Cl-].[Zr+3]. The number of allylic oxidation sites excluding steroid dienone is 4. The van der Waals surface area contributed by atoms with Gasteiger partial charge in [0.15, 0.2) is 0 Å². The molecular weight excluding hydrogens is 442 g/mol. The van der Waals surface area contributed by atoms with Crippen LogP contribution in [0.15, 0.2) is 59.7 Å². The van der Waals surface area contributed by atoms with E-state index in [0.29, 0.717) is 5.92 Å². The summed E-state index contributed by atoms with van der Waals surface area (Å²) in [4.78, 5) is 0. The fourth-order valence-corrected chi connectivity index (χ4v) is 4.00. The van der Waals surface area contributed by atoms with Gasteiger partial charge in [0.05, 0.1) is 7.11 Å². The molecule has 0 saturated heterocycles. The van der Waals surface area contributed by atoms with Crippen LogP contribution >= 0.6 is 0 Å². The van der Waals surface area contributed by atoms with E-state index in [0.717, 1.165) is 12.2 Å². The standard InChI is InChI=1S/C22H21O.2ClH.Zr/c1-14(2)15-10-6-11-16(15)21-17-8-4-5-9-18(17)22-19(21)12-7-13-20(22)23-3;;;/h4-5,7-10,12-14,21H,6H2,1-3H3;2*1H;/q-1;;;+3/p-2. The number of rotatable bonds is 3. The van der Waals surface area contributed by atoms with E-state index in [1.807, 2.05) is 0 Å². The Kier molecular flexibility index (Phi) is 8.40. The van der Waals surface area contributed by atoms with Crippen molar-refractivity contribution in [2.75, 3.05) is 7.11 Å². The molecule has 2 aromatic rings. The van der Waals surface area contributed by atoms with Gasteiger partial charge >= 0.3 is 26.2 Å². The van der Waals surface area contributed by atoms with Crippen LogP contribution in [-0.4, -0.2) is 7.11 Å². The van der Waals surface area contributed by atoms with Gasteiger partial charge in [0.2, 0.25) is 0 Å². The van der Waals surface area contributed by atoms with Gasteiger partial charge in [0.1, 0.15) is 5.75 Å². The summed E-state index contributed by atoms with van der Waals surface area (Å²) in [5, 5.41) is 0. The Bertz CT molecular complexity index is 840. The molecule has 1 nitrogen and oxygen atoms in total. The minimum atomic E-state index is 0. The summed E-state index contributed by atoms with van der Waals surface area (Å²) in [5.41, 5.74) is 8.08. The number of hydrogen-bond acceptors (Lipinski definition) is 1. The van der Waals surface area contributed by atoms with E-state index in [2.05, 4.69) is 68.5 Å². The Morgan fingerprint density at radius 2 is 1.69 bits per heavy atom. The Morgan fingerprint density at radius 3 is 2.38 bits per heavy atom. The van der Waals surface area contributed by atoms with Crippen molar-refractivity contribution in [3.63, 3.8) is 0 Å². The molecule has 0 aromatic heterocycles. The molecule has 133 valence electrons. The molecule has 1 unspecified atom stereocenters. The molecular formula is C22H21Cl2OZr. The van der Waals surface area contributed by atoms with E-state index >= 15 is 0 Å². The summed E-state index contributed by atoms with van der Waals surface area (Å²) in [6, 6.07) is 15.1. The molecule has 0 amide bonds. The molecule has 1 atom stereocenters. The van der Waals surface area contributed by atoms with E-state index in [9.17, 15) is 0 Å². The maximum atomic E-state index is 5.65. The van der Waals surface area contributed by atoms with Gasteiger partial charge in [0, 0.05) is 11.5 Å². The average Bonchev–Trinajstić information content (AvgIpc) is 3.16. The van der Waals surface area contributed by atoms with Crippen LogP contribution in [-0.2, 0) is 26.2 Å². The predicted molar refractivity (Wildman–Crippen MR) is 94.6 cm³/mol. The van der Waals surface area contributed by atoms with Crippen LogP contribution in [0, 0.1) is 12.0 Å². The van der Waals surface area contributed by atoms with Crippen LogP contribution in [0.1, 0.15) is 37.3 Å². The van der Waals surface area contributed by atoms with E-state index in [4.69, 9.17) is 4.74 Å². The second-order valence-corrected chi connectivity index (χ2v) is 6.55. The van der Waals surface area contributed by atoms with Gasteiger partial charge in [-0.05, 0) is 22.8 Å². The summed E-state index contributed by atoms with van der Waals surface area (Å²) in [6.45, 7) is 4.54. The van der Waals surface area contributed by atoms with Crippen LogP contribution in [0.5, 0.6) is 5.75 Å². The number of fused-ring (bicyclic) bond motifs is 3. The Hall–Kier alpha value is -0.817. The molecule has 1 radical (unpaired) electrons. The Morgan fingerprint density at radius 1 is 1.00 bits per heavy atom. The zero-order valence-corrected chi connectivity index (χ0v) is 19.1. The van der Waals surface area contributed by atoms with Gasteiger partial charge in [0.25, 0.3) is 0 Å². The predicted octanol–water partition coefficient (Wildman–Crippen LogP) is -0.471. The number of benzene rings is 2. The van der Waals surface area contributed by atoms with Crippen molar-refractivity contribution in [2.24, 2.45) is 5.92 Å². The maximum Gasteiger partial charge on any atom is 3.00 e. The number of ether oxygens (including phenoxy) is 1. The quantitative estimate of drug-likeness (QED) is 0.560. The smallest absolute Gasteiger partial charge is 1.00 e. The van der Waals surface area contributed by atoms with Crippen molar-refractivity contribution in [1.82, 2.24) is 0 Å². The fourth-order valence-electron chi connectivity index (χ4n) is 4.00. The second kappa shape index (κ2) is 9.40. The molecule has 0 spiro atoms. The van der Waals surface area contributed by atoms with Crippen molar-refractivity contribution in [3.05, 3.63) is 76.9 Å². The monoisotopic (exact) mass is 461 g/mol. The number of hydrogen-bond donors (Lipinski definition) is 0. The molecule has 0 N–H and O–H groups in total. The molecule has 0 bridgehead atoms. The Labute approximate surface area is 187 Å². The summed E-state index contributed by atoms with van der Waals surface area (Å²) in [6.07, 6.45) is 6.90. The van der Waals surface area contributed by atoms with E-state index in [-0.39, 0.29) is 56.9 Å². The van der Waals surface area contributed by atoms with E-state index < -0.39 is 0 Å². The summed E-state index contributed by atoms with van der Waals surface area (Å²) >= 11 is 0. The molecule has 2 aliphatic carbocycles. The van der Waals surface area contributed by atoms with Crippen molar-refractivity contribution in [1.29, 1.82) is 0 Å². The average molecular weight is 464 g/mol. The van der Waals surface area contributed by atoms with E-state index in [1.165, 1.54) is 33.4 Å². The minimum absolute atomic E-state index is 0. The van der Waals surface area contributed by atoms with Gasteiger partial charge in [-0.25, -0.2) is 5.57 Å². The third kappa shape index (κ3) is 3.61. The first-order valence-electron chi connectivity index (χ1n) is 8.29. The normalized spacial score (nSPS) is 16.4. The number of methoxy groups -OCH3 is 1.